The van der Waals surface area contributed by atoms with Crippen LogP contribution in [0.15, 0.2) is 53.6 Å². The number of hydrogen-bond donors (Lipinski definition) is 2. The Morgan fingerprint density at radius 2 is 1.91 bits per heavy atom. The van der Waals surface area contributed by atoms with Gasteiger partial charge in [0.05, 0.1) is 15.5 Å². The molecule has 2 amide bonds. The number of carboxylic acids is 1. The molecule has 2 N–H and O–H groups in total. The van der Waals surface area contributed by atoms with Crippen molar-refractivity contribution in [2.24, 2.45) is 0 Å². The topological polar surface area (TPSA) is 99.6 Å². The van der Waals surface area contributed by atoms with Crippen LogP contribution in [0.2, 0.25) is 10.0 Å². The van der Waals surface area contributed by atoms with Crippen LogP contribution in [0.4, 0.5) is 5.69 Å². The van der Waals surface area contributed by atoms with Crippen LogP contribution in [-0.2, 0) is 9.59 Å². The lowest BCUT2D eigenvalue weighted by Crippen LogP contribution is -2.31. The zero-order valence-electron chi connectivity index (χ0n) is 17.7. The quantitative estimate of drug-likeness (QED) is 0.267. The lowest BCUT2D eigenvalue weighted by molar-refractivity contribution is -0.122. The van der Waals surface area contributed by atoms with E-state index in [1.807, 2.05) is 0 Å². The number of nitrogens with zero attached hydrogens (tertiary/aromatic N) is 2. The number of thiocarbonyl (C=S) groups is 1. The van der Waals surface area contributed by atoms with Gasteiger partial charge in [-0.3, -0.25) is 14.5 Å². The second-order valence-corrected chi connectivity index (χ2v) is 10.8. The molecule has 7 nitrogen and oxygen atoms in total. The van der Waals surface area contributed by atoms with Crippen LogP contribution in [-0.4, -0.2) is 43.6 Å². The summed E-state index contributed by atoms with van der Waals surface area (Å²) in [7, 11) is 0. The molecule has 0 aliphatic carbocycles. The van der Waals surface area contributed by atoms with Gasteiger partial charge < -0.3 is 10.4 Å². The van der Waals surface area contributed by atoms with Crippen molar-refractivity contribution in [3.8, 4) is 10.6 Å². The number of anilines is 1. The van der Waals surface area contributed by atoms with Gasteiger partial charge in [-0.2, -0.15) is 0 Å². The molecule has 3 aromatic rings. The summed E-state index contributed by atoms with van der Waals surface area (Å²) in [5, 5.41) is 13.4. The minimum absolute atomic E-state index is 0.0262. The van der Waals surface area contributed by atoms with Crippen LogP contribution in [0.3, 0.4) is 0 Å². The monoisotopic (exact) mass is 563 g/mol. The highest BCUT2D eigenvalue weighted by molar-refractivity contribution is 8.26. The van der Waals surface area contributed by atoms with Gasteiger partial charge in [-0.1, -0.05) is 47.2 Å². The predicted octanol–water partition coefficient (Wildman–Crippen LogP) is 6.05. The molecular weight excluding hydrogens is 549 g/mol. The second kappa shape index (κ2) is 10.9. The first-order valence-electron chi connectivity index (χ1n) is 10.0. The number of halogens is 2. The molecule has 0 spiro atoms. The lowest BCUT2D eigenvalue weighted by atomic mass is 10.2. The summed E-state index contributed by atoms with van der Waals surface area (Å²) in [5.41, 5.74) is 1.29. The van der Waals surface area contributed by atoms with Crippen LogP contribution < -0.4 is 5.32 Å². The number of thioether (sulfide) groups is 1. The molecule has 2 aromatic carbocycles. The number of thiazole rings is 1. The number of carbonyl (C=O) groups excluding carboxylic acids is 2. The number of aromatic nitrogens is 1. The molecule has 2 heterocycles. The maximum Gasteiger partial charge on any atom is 0.335 e. The number of carboxylic acid groups (broad SMARTS) is 1. The summed E-state index contributed by atoms with van der Waals surface area (Å²) in [6, 6.07) is 10.9. The van der Waals surface area contributed by atoms with Gasteiger partial charge >= 0.3 is 5.97 Å². The lowest BCUT2D eigenvalue weighted by Gasteiger charge is -2.14. The third kappa shape index (κ3) is 6.09. The highest BCUT2D eigenvalue weighted by Gasteiger charge is 2.32. The Labute approximate surface area is 223 Å². The minimum atomic E-state index is -1.05. The van der Waals surface area contributed by atoms with Crippen LogP contribution >= 0.6 is 58.5 Å². The van der Waals surface area contributed by atoms with E-state index in [9.17, 15) is 14.4 Å². The molecule has 1 fully saturated rings. The van der Waals surface area contributed by atoms with Crippen LogP contribution in [0, 0.1) is 0 Å². The zero-order chi connectivity index (χ0) is 25.1. The summed E-state index contributed by atoms with van der Waals surface area (Å²) in [4.78, 5) is 43.1. The Morgan fingerprint density at radius 3 is 2.63 bits per heavy atom. The number of aromatic carboxylic acids is 1. The molecule has 35 heavy (non-hydrogen) atoms. The molecule has 178 valence electrons. The third-order valence-corrected chi connectivity index (χ3v) is 7.73. The molecule has 1 aliphatic rings. The molecule has 0 saturated carbocycles. The molecule has 1 saturated heterocycles. The zero-order valence-corrected chi connectivity index (χ0v) is 21.6. The summed E-state index contributed by atoms with van der Waals surface area (Å²) in [5.74, 6) is -1.65. The average molecular weight is 564 g/mol. The fourth-order valence-corrected chi connectivity index (χ4v) is 5.79. The predicted molar refractivity (Wildman–Crippen MR) is 144 cm³/mol. The van der Waals surface area contributed by atoms with E-state index in [1.54, 1.807) is 30.5 Å². The van der Waals surface area contributed by atoms with Gasteiger partial charge in [0.25, 0.3) is 5.91 Å². The maximum absolute atomic E-state index is 12.9. The van der Waals surface area contributed by atoms with Crippen LogP contribution in [0.25, 0.3) is 16.6 Å². The highest BCUT2D eigenvalue weighted by Crippen LogP contribution is 2.37. The molecule has 0 radical (unpaired) electrons. The van der Waals surface area contributed by atoms with Crippen molar-refractivity contribution in [1.82, 2.24) is 9.88 Å². The van der Waals surface area contributed by atoms with Crippen molar-refractivity contribution in [3.05, 3.63) is 74.1 Å². The van der Waals surface area contributed by atoms with Gasteiger partial charge in [0.1, 0.15) is 9.33 Å². The fourth-order valence-electron chi connectivity index (χ4n) is 3.09. The van der Waals surface area contributed by atoms with Crippen molar-refractivity contribution < 1.29 is 19.5 Å². The number of amides is 2. The van der Waals surface area contributed by atoms with Gasteiger partial charge in [-0.15, -0.1) is 11.3 Å². The normalized spacial score (nSPS) is 14.6. The number of nitrogens with one attached hydrogen (secondary N) is 1. The first-order chi connectivity index (χ1) is 16.7. The standard InChI is InChI=1S/C23H15Cl2N3O4S3/c24-13-3-6-17(25)16(9-13)20-26-11-15(34-20)10-18-21(30)28(23(33)35-18)8-7-19(29)27-14-4-1-12(2-5-14)22(31)32/h1-6,9-11H,7-8H2,(H,27,29)(H,31,32). The number of rotatable bonds is 7. The fraction of sp³-hybridized carbons (Fsp3) is 0.0870. The Kier molecular flexibility index (Phi) is 7.88. The molecule has 0 atom stereocenters. The Hall–Kier alpha value is -2.76. The third-order valence-electron chi connectivity index (χ3n) is 4.81. The van der Waals surface area contributed by atoms with E-state index in [4.69, 9.17) is 40.5 Å². The molecule has 0 unspecified atom stereocenters. The first kappa shape index (κ1) is 25.3. The Morgan fingerprint density at radius 1 is 1.17 bits per heavy atom. The molecule has 1 aliphatic heterocycles. The van der Waals surface area contributed by atoms with E-state index in [1.165, 1.54) is 40.5 Å². The van der Waals surface area contributed by atoms with Crippen molar-refractivity contribution in [1.29, 1.82) is 0 Å². The van der Waals surface area contributed by atoms with Gasteiger partial charge in [-0.05, 0) is 48.5 Å². The SMILES string of the molecule is O=C(CCN1C(=O)C(=Cc2cnc(-c3cc(Cl)ccc3Cl)s2)SC1=S)Nc1ccc(C(=O)O)cc1. The van der Waals surface area contributed by atoms with E-state index in [0.717, 1.165) is 16.6 Å². The molecule has 0 bridgehead atoms. The Bertz CT molecular complexity index is 1370. The number of carbonyl (C=O) groups is 3. The van der Waals surface area contributed by atoms with E-state index in [-0.39, 0.29) is 30.3 Å². The molecule has 12 heteroatoms. The van der Waals surface area contributed by atoms with Crippen molar-refractivity contribution in [2.45, 2.75) is 6.42 Å². The average Bonchev–Trinajstić information content (AvgIpc) is 3.38. The van der Waals surface area contributed by atoms with Crippen molar-refractivity contribution >= 4 is 92.4 Å². The summed E-state index contributed by atoms with van der Waals surface area (Å²) in [6.45, 7) is 0.118. The molecule has 1 aromatic heterocycles. The minimum Gasteiger partial charge on any atom is -0.478 e. The first-order valence-corrected chi connectivity index (χ1v) is 12.8. The van der Waals surface area contributed by atoms with Gasteiger partial charge in [0.2, 0.25) is 5.91 Å². The van der Waals surface area contributed by atoms with Crippen LogP contribution in [0.5, 0.6) is 0 Å². The van der Waals surface area contributed by atoms with Gasteiger partial charge in [-0.25, -0.2) is 9.78 Å². The summed E-state index contributed by atoms with van der Waals surface area (Å²) in [6.07, 6.45) is 3.38. The van der Waals surface area contributed by atoms with E-state index >= 15 is 0 Å². The van der Waals surface area contributed by atoms with Crippen LogP contribution in [0.1, 0.15) is 21.7 Å². The Balaban J connectivity index is 1.38. The smallest absolute Gasteiger partial charge is 0.335 e. The van der Waals surface area contributed by atoms with E-state index < -0.39 is 5.97 Å². The second-order valence-electron chi connectivity index (χ2n) is 7.21. The largest absolute Gasteiger partial charge is 0.478 e. The van der Waals surface area contributed by atoms with E-state index in [0.29, 0.717) is 35.5 Å². The van der Waals surface area contributed by atoms with Crippen molar-refractivity contribution in [3.63, 3.8) is 0 Å². The number of benzene rings is 2. The molecular formula is C23H15Cl2N3O4S3. The summed E-state index contributed by atoms with van der Waals surface area (Å²) < 4.78 is 0.363. The maximum atomic E-state index is 12.9. The number of hydrogen-bond acceptors (Lipinski definition) is 7. The van der Waals surface area contributed by atoms with Gasteiger partial charge in [0.15, 0.2) is 0 Å². The summed E-state index contributed by atoms with van der Waals surface area (Å²) >= 11 is 20.2. The van der Waals surface area contributed by atoms with Gasteiger partial charge in [0, 0.05) is 40.3 Å². The molecule has 4 rings (SSSR count). The highest BCUT2D eigenvalue weighted by atomic mass is 35.5. The van der Waals surface area contributed by atoms with E-state index in [2.05, 4.69) is 10.3 Å². The van der Waals surface area contributed by atoms with Crippen molar-refractivity contribution in [2.75, 3.05) is 11.9 Å².